The van der Waals surface area contributed by atoms with E-state index in [9.17, 15) is 32.0 Å². The minimum absolute atomic E-state index is 0.00721. The third-order valence-electron chi connectivity index (χ3n) is 10.7. The highest BCUT2D eigenvalue weighted by Gasteiger charge is 2.63. The highest BCUT2D eigenvalue weighted by atomic mass is 32.2. The van der Waals surface area contributed by atoms with Crippen LogP contribution in [0, 0.1) is 11.7 Å². The first kappa shape index (κ1) is 36.4. The van der Waals surface area contributed by atoms with Gasteiger partial charge in [0.25, 0.3) is 11.8 Å². The lowest BCUT2D eigenvalue weighted by atomic mass is 10.0. The summed E-state index contributed by atoms with van der Waals surface area (Å²) in [5.74, 6) is -3.70. The van der Waals surface area contributed by atoms with Gasteiger partial charge in [-0.05, 0) is 64.0 Å². The maximum absolute atomic E-state index is 14.8. The van der Waals surface area contributed by atoms with Crippen molar-refractivity contribution >= 4 is 44.7 Å². The van der Waals surface area contributed by atoms with Gasteiger partial charge in [0.1, 0.15) is 41.2 Å². The molecule has 5 atom stereocenters. The van der Waals surface area contributed by atoms with E-state index in [1.54, 1.807) is 13.0 Å². The number of fused-ring (bicyclic) bond motifs is 3. The molecular formula is C36H42FN7O8S. The van der Waals surface area contributed by atoms with E-state index in [1.807, 2.05) is 19.1 Å². The Morgan fingerprint density at radius 3 is 2.70 bits per heavy atom. The first-order valence-corrected chi connectivity index (χ1v) is 19.5. The molecular weight excluding hydrogens is 710 g/mol. The average Bonchev–Trinajstić information content (AvgIpc) is 3.87. The molecule has 1 saturated heterocycles. The maximum atomic E-state index is 14.8. The number of halogens is 1. The number of nitrogens with zero attached hydrogens (tertiary/aromatic N) is 4. The van der Waals surface area contributed by atoms with Gasteiger partial charge in [-0.3, -0.25) is 23.9 Å². The van der Waals surface area contributed by atoms with Gasteiger partial charge in [0.05, 0.1) is 16.8 Å². The van der Waals surface area contributed by atoms with E-state index in [4.69, 9.17) is 9.26 Å². The zero-order chi connectivity index (χ0) is 37.5. The Morgan fingerprint density at radius 1 is 1.15 bits per heavy atom. The van der Waals surface area contributed by atoms with Crippen LogP contribution in [0.2, 0.25) is 0 Å². The Kier molecular flexibility index (Phi) is 9.72. The summed E-state index contributed by atoms with van der Waals surface area (Å²) >= 11 is 0. The molecule has 3 fully saturated rings. The number of ether oxygens (including phenoxy) is 1. The maximum Gasteiger partial charge on any atom is 0.274 e. The van der Waals surface area contributed by atoms with Crippen molar-refractivity contribution in [1.29, 1.82) is 0 Å². The highest BCUT2D eigenvalue weighted by Crippen LogP contribution is 2.47. The Balaban J connectivity index is 1.21. The third kappa shape index (κ3) is 7.22. The van der Waals surface area contributed by atoms with E-state index in [-0.39, 0.29) is 42.9 Å². The zero-order valence-electron chi connectivity index (χ0n) is 29.5. The molecule has 4 aliphatic rings. The summed E-state index contributed by atoms with van der Waals surface area (Å²) in [6.07, 6.45) is 8.53. The number of para-hydroxylation sites is 1. The van der Waals surface area contributed by atoms with Crippen molar-refractivity contribution in [2.24, 2.45) is 5.92 Å². The number of rotatable bonds is 8. The van der Waals surface area contributed by atoms with Crippen LogP contribution in [-0.2, 0) is 30.8 Å². The monoisotopic (exact) mass is 751 g/mol. The number of carbonyl (C=O) groups is 4. The Labute approximate surface area is 305 Å². The lowest BCUT2D eigenvalue weighted by Gasteiger charge is -2.30. The van der Waals surface area contributed by atoms with Gasteiger partial charge in [-0.1, -0.05) is 43.1 Å². The summed E-state index contributed by atoms with van der Waals surface area (Å²) in [6.45, 7) is 3.30. The van der Waals surface area contributed by atoms with Gasteiger partial charge in [-0.2, -0.15) is 0 Å². The number of hydrogen-bond acceptors (Lipinski definition) is 11. The van der Waals surface area contributed by atoms with E-state index < -0.39 is 73.9 Å². The van der Waals surface area contributed by atoms with Crippen molar-refractivity contribution in [3.63, 3.8) is 0 Å². The number of benzene rings is 1. The van der Waals surface area contributed by atoms with Crippen molar-refractivity contribution in [3.8, 4) is 5.88 Å². The number of carbonyl (C=O) groups excluding carboxylic acids is 4. The Bertz CT molecular complexity index is 2070. The summed E-state index contributed by atoms with van der Waals surface area (Å²) in [6, 6.07) is 3.56. The summed E-state index contributed by atoms with van der Waals surface area (Å²) in [7, 11) is -4.01. The van der Waals surface area contributed by atoms with Gasteiger partial charge < -0.3 is 24.8 Å². The first-order chi connectivity index (χ1) is 25.3. The zero-order valence-corrected chi connectivity index (χ0v) is 30.3. The van der Waals surface area contributed by atoms with Crippen LogP contribution in [0.25, 0.3) is 11.0 Å². The van der Waals surface area contributed by atoms with Crippen LogP contribution in [0.15, 0.2) is 47.2 Å². The van der Waals surface area contributed by atoms with Crippen LogP contribution < -0.4 is 20.1 Å². The van der Waals surface area contributed by atoms with Crippen LogP contribution in [0.4, 0.5) is 4.39 Å². The van der Waals surface area contributed by atoms with E-state index in [2.05, 4.69) is 30.5 Å². The predicted octanol–water partition coefficient (Wildman–Crippen LogP) is 2.86. The number of amides is 4. The quantitative estimate of drug-likeness (QED) is 0.286. The molecule has 282 valence electrons. The molecule has 15 nitrogen and oxygen atoms in total. The van der Waals surface area contributed by atoms with Crippen molar-refractivity contribution in [2.75, 3.05) is 6.54 Å². The summed E-state index contributed by atoms with van der Waals surface area (Å²) in [4.78, 5) is 66.0. The molecule has 4 amide bonds. The SMILES string of the molecule is CCc1nc2cccc(F)c2nc1O[C@@H]1C[C@H]2C(=O)N[C@]3(C(=O)NS(=O)(=O)C4(C)CC4)C[C@H]3/C=C\CCCCC[C@H](NC(=O)c3ccon3)C(=O)N2C1. The van der Waals surface area contributed by atoms with Crippen molar-refractivity contribution < 1.29 is 41.2 Å². The molecule has 3 N–H and O–H groups in total. The number of hydrogen-bond donors (Lipinski definition) is 3. The molecule has 7 rings (SSSR count). The first-order valence-electron chi connectivity index (χ1n) is 18.0. The highest BCUT2D eigenvalue weighted by molar-refractivity contribution is 7.91. The molecule has 0 spiro atoms. The van der Waals surface area contributed by atoms with Gasteiger partial charge in [0.15, 0.2) is 11.5 Å². The van der Waals surface area contributed by atoms with E-state index in [0.717, 1.165) is 12.8 Å². The van der Waals surface area contributed by atoms with Gasteiger partial charge in [-0.15, -0.1) is 0 Å². The second-order valence-electron chi connectivity index (χ2n) is 14.6. The molecule has 0 unspecified atom stereocenters. The fourth-order valence-electron chi connectivity index (χ4n) is 7.05. The van der Waals surface area contributed by atoms with Crippen LogP contribution in [-0.4, -0.2) is 87.1 Å². The lowest BCUT2D eigenvalue weighted by molar-refractivity contribution is -0.141. The number of aromatic nitrogens is 3. The molecule has 2 aliphatic heterocycles. The van der Waals surface area contributed by atoms with Gasteiger partial charge in [0, 0.05) is 18.4 Å². The molecule has 2 saturated carbocycles. The number of aryl methyl sites for hydroxylation is 1. The molecule has 4 heterocycles. The van der Waals surface area contributed by atoms with Crippen molar-refractivity contribution in [1.82, 2.24) is 35.4 Å². The third-order valence-corrected chi connectivity index (χ3v) is 12.9. The van der Waals surface area contributed by atoms with Gasteiger partial charge in [-0.25, -0.2) is 22.8 Å². The number of allylic oxidation sites excluding steroid dienone is 1. The molecule has 17 heteroatoms. The topological polar surface area (TPSA) is 203 Å². The van der Waals surface area contributed by atoms with Crippen molar-refractivity contribution in [3.05, 3.63) is 59.9 Å². The summed E-state index contributed by atoms with van der Waals surface area (Å²) < 4.78 is 53.3. The fraction of sp³-hybridized carbons (Fsp3) is 0.528. The van der Waals surface area contributed by atoms with Crippen LogP contribution in [0.1, 0.15) is 87.8 Å². The Hall–Kier alpha value is -4.93. The molecule has 53 heavy (non-hydrogen) atoms. The van der Waals surface area contributed by atoms with E-state index in [1.165, 1.54) is 29.4 Å². The average molecular weight is 752 g/mol. The minimum Gasteiger partial charge on any atom is -0.471 e. The van der Waals surface area contributed by atoms with Crippen molar-refractivity contribution in [2.45, 2.75) is 107 Å². The molecule has 2 aliphatic carbocycles. The molecule has 0 bridgehead atoms. The molecule has 1 aromatic carbocycles. The van der Waals surface area contributed by atoms with Crippen LogP contribution in [0.5, 0.6) is 5.88 Å². The fourth-order valence-corrected chi connectivity index (χ4v) is 8.37. The smallest absolute Gasteiger partial charge is 0.274 e. The van der Waals surface area contributed by atoms with Crippen LogP contribution in [0.3, 0.4) is 0 Å². The van der Waals surface area contributed by atoms with E-state index in [0.29, 0.717) is 43.3 Å². The number of nitrogens with one attached hydrogen (secondary N) is 3. The summed E-state index contributed by atoms with van der Waals surface area (Å²) in [5, 5.41) is 9.27. The standard InChI is InChI=1S/C36H42FN7O8S/c1-3-24-32(40-29-23(37)11-9-13-25(29)38-24)52-22-18-28-31(46)41-36(34(48)43-53(49,50)35(2)15-16-35)19-21(36)10-7-5-4-6-8-12-27(33(47)44(28)20-22)39-30(45)26-14-17-51-42-26/h7,9-11,13-14,17,21-22,27-28H,3-6,8,12,15-16,18-20H2,1-2H3,(H,39,45)(H,41,46)(H,43,48)/b10-7-/t21-,22-,27+,28+,36-/m1/s1. The minimum atomic E-state index is -4.01. The lowest BCUT2D eigenvalue weighted by Crippen LogP contribution is -2.58. The Morgan fingerprint density at radius 2 is 1.96 bits per heavy atom. The van der Waals surface area contributed by atoms with E-state index >= 15 is 0 Å². The normalized spacial score (nSPS) is 27.7. The second-order valence-corrected chi connectivity index (χ2v) is 16.7. The largest absolute Gasteiger partial charge is 0.471 e. The van der Waals surface area contributed by atoms with Crippen LogP contribution >= 0.6 is 0 Å². The summed E-state index contributed by atoms with van der Waals surface area (Å²) in [5.41, 5.74) is -0.768. The number of sulfonamides is 1. The molecule has 0 radical (unpaired) electrons. The van der Waals surface area contributed by atoms with Gasteiger partial charge >= 0.3 is 0 Å². The predicted molar refractivity (Wildman–Crippen MR) is 187 cm³/mol. The van der Waals surface area contributed by atoms with Gasteiger partial charge in [0.2, 0.25) is 27.7 Å². The second kappa shape index (κ2) is 14.1. The molecule has 3 aromatic rings. The molecule has 2 aromatic heterocycles.